The number of rotatable bonds is 7. The summed E-state index contributed by atoms with van der Waals surface area (Å²) < 4.78 is 42.5. The third kappa shape index (κ3) is 5.21. The van der Waals surface area contributed by atoms with Gasteiger partial charge in [-0.05, 0) is 24.6 Å². The molecular weight excluding hydrogens is 257 g/mol. The minimum atomic E-state index is -4.37. The summed E-state index contributed by atoms with van der Waals surface area (Å²) in [5, 5.41) is 2.93. The molecule has 1 aromatic rings. The van der Waals surface area contributed by atoms with Gasteiger partial charge in [-0.25, -0.2) is 0 Å². The minimum Gasteiger partial charge on any atom is -0.397 e. The molecule has 6 heteroatoms. The molecule has 106 valence electrons. The molecule has 0 aliphatic heterocycles. The zero-order chi connectivity index (χ0) is 14.3. The molecule has 1 aromatic carbocycles. The van der Waals surface area contributed by atoms with Crippen LogP contribution in [0.5, 0.6) is 0 Å². The van der Waals surface area contributed by atoms with Crippen molar-refractivity contribution in [1.29, 1.82) is 0 Å². The molecule has 0 unspecified atom stereocenters. The molecule has 0 aliphatic rings. The Bertz CT molecular complexity index is 419. The van der Waals surface area contributed by atoms with Crippen LogP contribution in [0, 0.1) is 0 Å². The molecule has 0 fully saturated rings. The van der Waals surface area contributed by atoms with Crippen molar-refractivity contribution in [2.24, 2.45) is 0 Å². The van der Waals surface area contributed by atoms with E-state index in [0.29, 0.717) is 25.4 Å². The highest BCUT2D eigenvalue weighted by atomic mass is 19.4. The van der Waals surface area contributed by atoms with E-state index < -0.39 is 11.7 Å². The van der Waals surface area contributed by atoms with Crippen LogP contribution in [0.25, 0.3) is 0 Å². The number of ether oxygens (including phenoxy) is 1. The number of nitrogens with two attached hydrogens (primary N) is 1. The zero-order valence-electron chi connectivity index (χ0n) is 10.5. The van der Waals surface area contributed by atoms with E-state index in [1.807, 2.05) is 0 Å². The van der Waals surface area contributed by atoms with Crippen molar-refractivity contribution in [3.05, 3.63) is 36.4 Å². The zero-order valence-corrected chi connectivity index (χ0v) is 10.5. The predicted octanol–water partition coefficient (Wildman–Crippen LogP) is 3.29. The van der Waals surface area contributed by atoms with E-state index in [1.165, 1.54) is 6.07 Å². The van der Waals surface area contributed by atoms with Crippen molar-refractivity contribution in [2.45, 2.75) is 12.6 Å². The second kappa shape index (κ2) is 7.04. The number of nitrogen functional groups attached to an aromatic ring is 1. The maximum Gasteiger partial charge on any atom is 0.416 e. The summed E-state index contributed by atoms with van der Waals surface area (Å²) in [6.45, 7) is 5.07. The first-order valence-electron chi connectivity index (χ1n) is 5.84. The highest BCUT2D eigenvalue weighted by Crippen LogP contribution is 2.32. The molecule has 3 nitrogen and oxygen atoms in total. The summed E-state index contributed by atoms with van der Waals surface area (Å²) in [6.07, 6.45) is -1.86. The van der Waals surface area contributed by atoms with E-state index in [4.69, 9.17) is 10.5 Å². The van der Waals surface area contributed by atoms with Crippen molar-refractivity contribution >= 4 is 11.4 Å². The lowest BCUT2D eigenvalue weighted by atomic mass is 10.1. The molecule has 0 spiro atoms. The number of hydrogen-bond donors (Lipinski definition) is 2. The van der Waals surface area contributed by atoms with Crippen LogP contribution < -0.4 is 11.1 Å². The van der Waals surface area contributed by atoms with E-state index in [-0.39, 0.29) is 5.69 Å². The third-order valence-electron chi connectivity index (χ3n) is 2.41. The van der Waals surface area contributed by atoms with Crippen molar-refractivity contribution in [1.82, 2.24) is 0 Å². The molecule has 0 amide bonds. The summed E-state index contributed by atoms with van der Waals surface area (Å²) >= 11 is 0. The SMILES string of the molecule is C=CCCOCCNc1ccc(C(F)(F)F)cc1N. The molecule has 0 atom stereocenters. The van der Waals surface area contributed by atoms with Crippen LogP contribution in [0.15, 0.2) is 30.9 Å². The van der Waals surface area contributed by atoms with Crippen molar-refractivity contribution < 1.29 is 17.9 Å². The standard InChI is InChI=1S/C13H17F3N2O/c1-2-3-7-19-8-6-18-12-5-4-10(9-11(12)17)13(14,15)16/h2,4-5,9,18H,1,3,6-8,17H2. The van der Waals surface area contributed by atoms with Crippen LogP contribution in [0.3, 0.4) is 0 Å². The Hall–Kier alpha value is -1.69. The molecule has 1 rings (SSSR count). The fraction of sp³-hybridized carbons (Fsp3) is 0.385. The largest absolute Gasteiger partial charge is 0.416 e. The number of hydrogen-bond acceptors (Lipinski definition) is 3. The summed E-state index contributed by atoms with van der Waals surface area (Å²) in [7, 11) is 0. The second-order valence-corrected chi connectivity index (χ2v) is 3.92. The normalized spacial score (nSPS) is 11.3. The summed E-state index contributed by atoms with van der Waals surface area (Å²) in [4.78, 5) is 0. The fourth-order valence-electron chi connectivity index (χ4n) is 1.43. The Labute approximate surface area is 110 Å². The summed E-state index contributed by atoms with van der Waals surface area (Å²) in [5.74, 6) is 0. The predicted molar refractivity (Wildman–Crippen MR) is 70.0 cm³/mol. The van der Waals surface area contributed by atoms with E-state index in [9.17, 15) is 13.2 Å². The Balaban J connectivity index is 2.45. The maximum atomic E-state index is 12.4. The lowest BCUT2D eigenvalue weighted by Gasteiger charge is -2.12. The van der Waals surface area contributed by atoms with Crippen LogP contribution in [-0.4, -0.2) is 19.8 Å². The number of nitrogens with one attached hydrogen (secondary N) is 1. The smallest absolute Gasteiger partial charge is 0.397 e. The molecule has 0 aromatic heterocycles. The van der Waals surface area contributed by atoms with Crippen molar-refractivity contribution in [3.8, 4) is 0 Å². The molecule has 0 heterocycles. The van der Waals surface area contributed by atoms with Gasteiger partial charge in [0, 0.05) is 6.54 Å². The highest BCUT2D eigenvalue weighted by Gasteiger charge is 2.30. The van der Waals surface area contributed by atoms with Gasteiger partial charge in [-0.3, -0.25) is 0 Å². The number of halogens is 3. The summed E-state index contributed by atoms with van der Waals surface area (Å²) in [5.41, 5.74) is 5.35. The van der Waals surface area contributed by atoms with Crippen molar-refractivity contribution in [2.75, 3.05) is 30.8 Å². The molecule has 0 saturated heterocycles. The van der Waals surface area contributed by atoms with Crippen LogP contribution in [0.4, 0.5) is 24.5 Å². The number of anilines is 2. The molecule has 3 N–H and O–H groups in total. The van der Waals surface area contributed by atoms with Gasteiger partial charge < -0.3 is 15.8 Å². The molecule has 0 radical (unpaired) electrons. The molecular formula is C13H17F3N2O. The monoisotopic (exact) mass is 274 g/mol. The van der Waals surface area contributed by atoms with Gasteiger partial charge in [-0.1, -0.05) is 6.08 Å². The Kier molecular flexibility index (Phi) is 5.69. The molecule has 0 saturated carbocycles. The lowest BCUT2D eigenvalue weighted by Crippen LogP contribution is -2.12. The maximum absolute atomic E-state index is 12.4. The first-order chi connectivity index (χ1) is 8.95. The average Bonchev–Trinajstić information content (AvgIpc) is 2.34. The minimum absolute atomic E-state index is 0.0703. The lowest BCUT2D eigenvalue weighted by molar-refractivity contribution is -0.137. The Morgan fingerprint density at radius 2 is 2.05 bits per heavy atom. The van der Waals surface area contributed by atoms with E-state index in [0.717, 1.165) is 18.6 Å². The Morgan fingerprint density at radius 1 is 1.32 bits per heavy atom. The van der Waals surface area contributed by atoms with Gasteiger partial charge in [0.1, 0.15) is 0 Å². The van der Waals surface area contributed by atoms with Gasteiger partial charge in [-0.2, -0.15) is 13.2 Å². The molecule has 19 heavy (non-hydrogen) atoms. The van der Waals surface area contributed by atoms with E-state index in [1.54, 1.807) is 6.08 Å². The van der Waals surface area contributed by atoms with E-state index >= 15 is 0 Å². The van der Waals surface area contributed by atoms with Gasteiger partial charge in [0.2, 0.25) is 0 Å². The quantitative estimate of drug-likeness (QED) is 0.455. The first kappa shape index (κ1) is 15.4. The second-order valence-electron chi connectivity index (χ2n) is 3.92. The van der Waals surface area contributed by atoms with Gasteiger partial charge >= 0.3 is 6.18 Å². The van der Waals surface area contributed by atoms with Gasteiger partial charge in [0.05, 0.1) is 30.2 Å². The average molecular weight is 274 g/mol. The van der Waals surface area contributed by atoms with Crippen LogP contribution >= 0.6 is 0 Å². The summed E-state index contributed by atoms with van der Waals surface area (Å²) in [6, 6.07) is 3.24. The van der Waals surface area contributed by atoms with Gasteiger partial charge in [0.15, 0.2) is 0 Å². The third-order valence-corrected chi connectivity index (χ3v) is 2.41. The van der Waals surface area contributed by atoms with Crippen LogP contribution in [0.1, 0.15) is 12.0 Å². The topological polar surface area (TPSA) is 47.3 Å². The number of benzene rings is 1. The van der Waals surface area contributed by atoms with Gasteiger partial charge in [-0.15, -0.1) is 6.58 Å². The van der Waals surface area contributed by atoms with Gasteiger partial charge in [0.25, 0.3) is 0 Å². The first-order valence-corrected chi connectivity index (χ1v) is 5.84. The fourth-order valence-corrected chi connectivity index (χ4v) is 1.43. The van der Waals surface area contributed by atoms with Crippen LogP contribution in [0.2, 0.25) is 0 Å². The van der Waals surface area contributed by atoms with E-state index in [2.05, 4.69) is 11.9 Å². The Morgan fingerprint density at radius 3 is 2.63 bits per heavy atom. The van der Waals surface area contributed by atoms with Crippen molar-refractivity contribution in [3.63, 3.8) is 0 Å². The molecule has 0 bridgehead atoms. The number of alkyl halides is 3. The molecule has 0 aliphatic carbocycles. The highest BCUT2D eigenvalue weighted by molar-refractivity contribution is 5.67. The van der Waals surface area contributed by atoms with Crippen LogP contribution in [-0.2, 0) is 10.9 Å².